The van der Waals surface area contributed by atoms with Crippen LogP contribution >= 0.6 is 0 Å². The van der Waals surface area contributed by atoms with Crippen molar-refractivity contribution < 1.29 is 5.11 Å². The minimum atomic E-state index is -0.165. The normalized spacial score (nSPS) is 11.0. The molecule has 0 aliphatic rings. The summed E-state index contributed by atoms with van der Waals surface area (Å²) in [7, 11) is 1.62. The van der Waals surface area contributed by atoms with Gasteiger partial charge in [0.25, 0.3) is 5.56 Å². The van der Waals surface area contributed by atoms with E-state index in [0.717, 1.165) is 22.3 Å². The molecule has 1 aromatic carbocycles. The molecular formula is C18H14N4O2. The molecular weight excluding hydrogens is 304 g/mol. The molecule has 0 fully saturated rings. The lowest BCUT2D eigenvalue weighted by Gasteiger charge is -2.05. The van der Waals surface area contributed by atoms with E-state index in [1.165, 1.54) is 10.7 Å². The SMILES string of the molecule is Cn1nc(-c2c(-c3ccc(O)cc3)nn3ccccc23)ccc1=O. The van der Waals surface area contributed by atoms with E-state index >= 15 is 0 Å². The van der Waals surface area contributed by atoms with Gasteiger partial charge in [-0.25, -0.2) is 9.20 Å². The van der Waals surface area contributed by atoms with Crippen LogP contribution in [0.15, 0.2) is 65.6 Å². The number of phenols is 1. The van der Waals surface area contributed by atoms with Crippen molar-refractivity contribution in [2.45, 2.75) is 0 Å². The molecule has 24 heavy (non-hydrogen) atoms. The molecule has 0 saturated heterocycles. The first-order chi connectivity index (χ1) is 11.6. The van der Waals surface area contributed by atoms with Crippen LogP contribution in [0.2, 0.25) is 0 Å². The molecule has 3 heterocycles. The molecule has 3 aromatic heterocycles. The Bertz CT molecular complexity index is 1090. The van der Waals surface area contributed by atoms with E-state index in [2.05, 4.69) is 10.2 Å². The van der Waals surface area contributed by atoms with Crippen molar-refractivity contribution >= 4 is 5.52 Å². The Morgan fingerprint density at radius 3 is 2.50 bits per heavy atom. The van der Waals surface area contributed by atoms with Crippen molar-refractivity contribution in [1.82, 2.24) is 19.4 Å². The Morgan fingerprint density at radius 2 is 1.75 bits per heavy atom. The number of aromatic hydroxyl groups is 1. The first-order valence-corrected chi connectivity index (χ1v) is 7.45. The van der Waals surface area contributed by atoms with Crippen LogP contribution in [0.3, 0.4) is 0 Å². The van der Waals surface area contributed by atoms with Gasteiger partial charge in [-0.1, -0.05) is 6.07 Å². The molecule has 0 aliphatic carbocycles. The van der Waals surface area contributed by atoms with Crippen LogP contribution in [0.1, 0.15) is 0 Å². The summed E-state index contributed by atoms with van der Waals surface area (Å²) in [5, 5.41) is 18.5. The predicted molar refractivity (Wildman–Crippen MR) is 90.8 cm³/mol. The van der Waals surface area contributed by atoms with Crippen LogP contribution in [0, 0.1) is 0 Å². The van der Waals surface area contributed by atoms with E-state index in [4.69, 9.17) is 0 Å². The number of hydrogen-bond acceptors (Lipinski definition) is 4. The summed E-state index contributed by atoms with van der Waals surface area (Å²) >= 11 is 0. The van der Waals surface area contributed by atoms with Crippen molar-refractivity contribution in [3.8, 4) is 28.3 Å². The number of pyridine rings is 1. The Labute approximate surface area is 137 Å². The zero-order valence-electron chi connectivity index (χ0n) is 12.9. The lowest BCUT2D eigenvalue weighted by Crippen LogP contribution is -2.18. The zero-order valence-corrected chi connectivity index (χ0v) is 12.9. The van der Waals surface area contributed by atoms with Gasteiger partial charge in [-0.15, -0.1) is 0 Å². The number of hydrogen-bond donors (Lipinski definition) is 1. The molecule has 0 bridgehead atoms. The van der Waals surface area contributed by atoms with Crippen molar-refractivity contribution in [2.75, 3.05) is 0 Å². The Morgan fingerprint density at radius 1 is 0.958 bits per heavy atom. The molecule has 6 heteroatoms. The molecule has 4 rings (SSSR count). The minimum absolute atomic E-state index is 0.165. The van der Waals surface area contributed by atoms with Gasteiger partial charge in [-0.05, 0) is 42.5 Å². The molecule has 0 amide bonds. The highest BCUT2D eigenvalue weighted by Crippen LogP contribution is 2.34. The number of aryl methyl sites for hydroxylation is 1. The molecule has 0 spiro atoms. The fourth-order valence-corrected chi connectivity index (χ4v) is 2.71. The van der Waals surface area contributed by atoms with Crippen LogP contribution in [-0.2, 0) is 7.05 Å². The molecule has 0 atom stereocenters. The number of aromatic nitrogens is 4. The fourth-order valence-electron chi connectivity index (χ4n) is 2.71. The van der Waals surface area contributed by atoms with Gasteiger partial charge in [0, 0.05) is 24.9 Å². The van der Waals surface area contributed by atoms with Crippen molar-refractivity contribution in [1.29, 1.82) is 0 Å². The summed E-state index contributed by atoms with van der Waals surface area (Å²) in [4.78, 5) is 11.6. The highest BCUT2D eigenvalue weighted by Gasteiger charge is 2.17. The van der Waals surface area contributed by atoms with Gasteiger partial charge in [0.1, 0.15) is 11.4 Å². The summed E-state index contributed by atoms with van der Waals surface area (Å²) in [6.45, 7) is 0. The highest BCUT2D eigenvalue weighted by molar-refractivity contribution is 5.90. The fraction of sp³-hybridized carbons (Fsp3) is 0.0556. The number of phenolic OH excluding ortho intramolecular Hbond substituents is 1. The predicted octanol–water partition coefficient (Wildman–Crippen LogP) is 2.47. The first kappa shape index (κ1) is 14.2. The molecule has 0 unspecified atom stereocenters. The van der Waals surface area contributed by atoms with Gasteiger partial charge >= 0.3 is 0 Å². The Balaban J connectivity index is 2.04. The molecule has 0 radical (unpaired) electrons. The largest absolute Gasteiger partial charge is 0.508 e. The van der Waals surface area contributed by atoms with Crippen LogP contribution in [0.25, 0.3) is 28.0 Å². The van der Waals surface area contributed by atoms with Gasteiger partial charge in [-0.2, -0.15) is 10.2 Å². The third-order valence-corrected chi connectivity index (χ3v) is 3.90. The molecule has 6 nitrogen and oxygen atoms in total. The number of fused-ring (bicyclic) bond motifs is 1. The molecule has 0 aliphatic heterocycles. The average Bonchev–Trinajstić information content (AvgIpc) is 2.97. The van der Waals surface area contributed by atoms with Crippen LogP contribution in [0.4, 0.5) is 0 Å². The topological polar surface area (TPSA) is 72.4 Å². The Hall–Kier alpha value is -3.41. The monoisotopic (exact) mass is 318 g/mol. The molecule has 118 valence electrons. The maximum absolute atomic E-state index is 11.6. The summed E-state index contributed by atoms with van der Waals surface area (Å²) in [6.07, 6.45) is 1.87. The van der Waals surface area contributed by atoms with Crippen molar-refractivity contribution in [2.24, 2.45) is 7.05 Å². The summed E-state index contributed by atoms with van der Waals surface area (Å²) in [5.74, 6) is 0.198. The van der Waals surface area contributed by atoms with Crippen LogP contribution in [0.5, 0.6) is 5.75 Å². The van der Waals surface area contributed by atoms with E-state index in [0.29, 0.717) is 5.69 Å². The first-order valence-electron chi connectivity index (χ1n) is 7.45. The number of nitrogens with zero attached hydrogens (tertiary/aromatic N) is 4. The van der Waals surface area contributed by atoms with Gasteiger partial charge < -0.3 is 5.11 Å². The van der Waals surface area contributed by atoms with E-state index in [1.54, 1.807) is 29.8 Å². The zero-order chi connectivity index (χ0) is 16.7. The Kier molecular flexibility index (Phi) is 3.16. The summed E-state index contributed by atoms with van der Waals surface area (Å²) in [6, 6.07) is 15.9. The van der Waals surface area contributed by atoms with Gasteiger partial charge in [-0.3, -0.25) is 4.79 Å². The van der Waals surface area contributed by atoms with Crippen molar-refractivity contribution in [3.05, 3.63) is 71.1 Å². The van der Waals surface area contributed by atoms with Gasteiger partial charge in [0.05, 0.1) is 16.8 Å². The van der Waals surface area contributed by atoms with Gasteiger partial charge in [0.2, 0.25) is 0 Å². The quantitative estimate of drug-likeness (QED) is 0.616. The highest BCUT2D eigenvalue weighted by atomic mass is 16.3. The third kappa shape index (κ3) is 2.25. The average molecular weight is 318 g/mol. The minimum Gasteiger partial charge on any atom is -0.508 e. The standard InChI is InChI=1S/C18H14N4O2/c1-21-16(24)10-9-14(19-21)17-15-4-2-3-11-22(15)20-18(17)12-5-7-13(23)8-6-12/h2-11,23H,1H3. The van der Waals surface area contributed by atoms with Crippen molar-refractivity contribution in [3.63, 3.8) is 0 Å². The summed E-state index contributed by atoms with van der Waals surface area (Å²) < 4.78 is 3.09. The second-order valence-corrected chi connectivity index (χ2v) is 5.48. The second-order valence-electron chi connectivity index (χ2n) is 5.48. The van der Waals surface area contributed by atoms with Crippen LogP contribution < -0.4 is 5.56 Å². The number of benzene rings is 1. The van der Waals surface area contributed by atoms with E-state index < -0.39 is 0 Å². The molecule has 1 N–H and O–H groups in total. The van der Waals surface area contributed by atoms with E-state index in [1.807, 2.05) is 36.5 Å². The number of rotatable bonds is 2. The smallest absolute Gasteiger partial charge is 0.266 e. The van der Waals surface area contributed by atoms with E-state index in [-0.39, 0.29) is 11.3 Å². The van der Waals surface area contributed by atoms with E-state index in [9.17, 15) is 9.90 Å². The lowest BCUT2D eigenvalue weighted by atomic mass is 10.0. The maximum atomic E-state index is 11.6. The summed E-state index contributed by atoms with van der Waals surface area (Å²) in [5.41, 5.74) is 3.85. The molecule has 0 saturated carbocycles. The third-order valence-electron chi connectivity index (χ3n) is 3.90. The van der Waals surface area contributed by atoms with Crippen LogP contribution in [-0.4, -0.2) is 24.5 Å². The second kappa shape index (κ2) is 5.34. The lowest BCUT2D eigenvalue weighted by molar-refractivity contribution is 0.475. The van der Waals surface area contributed by atoms with Gasteiger partial charge in [0.15, 0.2) is 0 Å². The maximum Gasteiger partial charge on any atom is 0.266 e. The molecule has 4 aromatic rings.